The molecule has 1 aromatic carbocycles. The standard InChI is InChI=1S/C14H19N3O2/c1-10-5-11(6-15)3-4-12(10)7-17-9-13(18)16(2)8-14(17)19/h3-5H,6-9,15H2,1-2H3. The van der Waals surface area contributed by atoms with E-state index in [0.29, 0.717) is 13.1 Å². The van der Waals surface area contributed by atoms with E-state index in [4.69, 9.17) is 5.73 Å². The molecule has 0 atom stereocenters. The molecule has 2 N–H and O–H groups in total. The third-order valence-electron chi connectivity index (χ3n) is 3.48. The smallest absolute Gasteiger partial charge is 0.242 e. The average molecular weight is 261 g/mol. The molecule has 0 spiro atoms. The van der Waals surface area contributed by atoms with Crippen molar-refractivity contribution in [2.75, 3.05) is 20.1 Å². The highest BCUT2D eigenvalue weighted by molar-refractivity contribution is 5.92. The van der Waals surface area contributed by atoms with Crippen LogP contribution in [0.1, 0.15) is 16.7 Å². The molecule has 2 amide bonds. The minimum absolute atomic E-state index is 0.00981. The van der Waals surface area contributed by atoms with Gasteiger partial charge in [-0.25, -0.2) is 0 Å². The lowest BCUT2D eigenvalue weighted by Gasteiger charge is -2.32. The highest BCUT2D eigenvalue weighted by atomic mass is 16.2. The molecule has 1 aromatic rings. The number of nitrogens with zero attached hydrogens (tertiary/aromatic N) is 2. The maximum atomic E-state index is 11.9. The van der Waals surface area contributed by atoms with Gasteiger partial charge in [0.15, 0.2) is 0 Å². The topological polar surface area (TPSA) is 66.6 Å². The molecule has 1 fully saturated rings. The monoisotopic (exact) mass is 261 g/mol. The van der Waals surface area contributed by atoms with E-state index in [2.05, 4.69) is 0 Å². The van der Waals surface area contributed by atoms with Gasteiger partial charge >= 0.3 is 0 Å². The van der Waals surface area contributed by atoms with Crippen LogP contribution in [0.2, 0.25) is 0 Å². The second-order valence-electron chi connectivity index (χ2n) is 4.96. The Hall–Kier alpha value is -1.88. The highest BCUT2D eigenvalue weighted by Gasteiger charge is 2.27. The Bertz CT molecular complexity index is 513. The summed E-state index contributed by atoms with van der Waals surface area (Å²) in [7, 11) is 1.65. The molecule has 2 rings (SSSR count). The van der Waals surface area contributed by atoms with Crippen LogP contribution in [0.5, 0.6) is 0 Å². The van der Waals surface area contributed by atoms with Crippen LogP contribution in [0.3, 0.4) is 0 Å². The molecule has 0 aliphatic carbocycles. The highest BCUT2D eigenvalue weighted by Crippen LogP contribution is 2.15. The summed E-state index contributed by atoms with van der Waals surface area (Å²) >= 11 is 0. The Morgan fingerprint density at radius 2 is 1.95 bits per heavy atom. The molecular weight excluding hydrogens is 242 g/mol. The number of benzene rings is 1. The van der Waals surface area contributed by atoms with Crippen molar-refractivity contribution >= 4 is 11.8 Å². The van der Waals surface area contributed by atoms with Crippen molar-refractivity contribution in [1.82, 2.24) is 9.80 Å². The van der Waals surface area contributed by atoms with Gasteiger partial charge in [-0.15, -0.1) is 0 Å². The molecule has 0 saturated carbocycles. The summed E-state index contributed by atoms with van der Waals surface area (Å²) in [5.41, 5.74) is 8.82. The van der Waals surface area contributed by atoms with Gasteiger partial charge in [0, 0.05) is 20.1 Å². The second kappa shape index (κ2) is 5.40. The number of hydrogen-bond acceptors (Lipinski definition) is 3. The fourth-order valence-corrected chi connectivity index (χ4v) is 2.18. The van der Waals surface area contributed by atoms with Crippen LogP contribution in [-0.4, -0.2) is 41.8 Å². The largest absolute Gasteiger partial charge is 0.335 e. The zero-order valence-corrected chi connectivity index (χ0v) is 11.3. The number of amides is 2. The van der Waals surface area contributed by atoms with E-state index < -0.39 is 0 Å². The number of likely N-dealkylation sites (N-methyl/N-ethyl adjacent to an activating group) is 1. The first-order valence-electron chi connectivity index (χ1n) is 6.31. The van der Waals surface area contributed by atoms with Crippen LogP contribution in [0.25, 0.3) is 0 Å². The maximum absolute atomic E-state index is 11.9. The molecule has 19 heavy (non-hydrogen) atoms. The lowest BCUT2D eigenvalue weighted by Crippen LogP contribution is -2.51. The van der Waals surface area contributed by atoms with Crippen molar-refractivity contribution in [3.63, 3.8) is 0 Å². The van der Waals surface area contributed by atoms with Gasteiger partial charge in [-0.05, 0) is 23.6 Å². The number of piperazine rings is 1. The number of hydrogen-bond donors (Lipinski definition) is 1. The van der Waals surface area contributed by atoms with Gasteiger partial charge in [-0.2, -0.15) is 0 Å². The zero-order valence-electron chi connectivity index (χ0n) is 11.3. The fraction of sp³-hybridized carbons (Fsp3) is 0.429. The summed E-state index contributed by atoms with van der Waals surface area (Å²) < 4.78 is 0. The lowest BCUT2D eigenvalue weighted by atomic mass is 10.0. The molecule has 1 aliphatic rings. The van der Waals surface area contributed by atoms with Crippen molar-refractivity contribution in [1.29, 1.82) is 0 Å². The van der Waals surface area contributed by atoms with Crippen LogP contribution >= 0.6 is 0 Å². The van der Waals surface area contributed by atoms with Gasteiger partial charge in [-0.3, -0.25) is 9.59 Å². The maximum Gasteiger partial charge on any atom is 0.242 e. The quantitative estimate of drug-likeness (QED) is 0.848. The molecule has 1 aliphatic heterocycles. The van der Waals surface area contributed by atoms with Gasteiger partial charge in [0.05, 0.1) is 6.54 Å². The Morgan fingerprint density at radius 3 is 2.58 bits per heavy atom. The predicted molar refractivity (Wildman–Crippen MR) is 72.1 cm³/mol. The molecule has 0 bridgehead atoms. The van der Waals surface area contributed by atoms with Crippen LogP contribution in [0.4, 0.5) is 0 Å². The number of aryl methyl sites for hydroxylation is 1. The molecule has 0 aromatic heterocycles. The Morgan fingerprint density at radius 1 is 1.21 bits per heavy atom. The molecule has 0 radical (unpaired) electrons. The first kappa shape index (κ1) is 13.5. The molecule has 5 heteroatoms. The van der Waals surface area contributed by atoms with E-state index in [0.717, 1.165) is 16.7 Å². The fourth-order valence-electron chi connectivity index (χ4n) is 2.18. The van der Waals surface area contributed by atoms with Gasteiger partial charge < -0.3 is 15.5 Å². The summed E-state index contributed by atoms with van der Waals surface area (Å²) in [6.45, 7) is 3.31. The van der Waals surface area contributed by atoms with Crippen LogP contribution in [0, 0.1) is 6.92 Å². The first-order valence-corrected chi connectivity index (χ1v) is 6.31. The Labute approximate surface area is 113 Å². The van der Waals surface area contributed by atoms with E-state index in [-0.39, 0.29) is 24.9 Å². The van der Waals surface area contributed by atoms with E-state index in [1.165, 1.54) is 4.90 Å². The summed E-state index contributed by atoms with van der Waals surface area (Å²) in [5, 5.41) is 0. The zero-order chi connectivity index (χ0) is 14.0. The molecule has 0 unspecified atom stereocenters. The number of carbonyl (C=O) groups is 2. The van der Waals surface area contributed by atoms with Crippen LogP contribution < -0.4 is 5.73 Å². The third-order valence-corrected chi connectivity index (χ3v) is 3.48. The summed E-state index contributed by atoms with van der Waals surface area (Å²) in [6.07, 6.45) is 0. The minimum atomic E-state index is -0.0177. The number of nitrogens with two attached hydrogens (primary N) is 1. The van der Waals surface area contributed by atoms with Crippen molar-refractivity contribution in [3.05, 3.63) is 34.9 Å². The van der Waals surface area contributed by atoms with Gasteiger partial charge in [0.2, 0.25) is 11.8 Å². The minimum Gasteiger partial charge on any atom is -0.335 e. The van der Waals surface area contributed by atoms with Crippen molar-refractivity contribution in [3.8, 4) is 0 Å². The van der Waals surface area contributed by atoms with E-state index in [1.54, 1.807) is 11.9 Å². The Kier molecular flexibility index (Phi) is 3.85. The van der Waals surface area contributed by atoms with E-state index in [9.17, 15) is 9.59 Å². The van der Waals surface area contributed by atoms with Crippen molar-refractivity contribution in [2.24, 2.45) is 5.73 Å². The van der Waals surface area contributed by atoms with E-state index >= 15 is 0 Å². The second-order valence-corrected chi connectivity index (χ2v) is 4.96. The first-order chi connectivity index (χ1) is 9.01. The molecule has 1 heterocycles. The summed E-state index contributed by atoms with van der Waals surface area (Å²) in [6, 6.07) is 5.97. The number of carbonyl (C=O) groups excluding carboxylic acids is 2. The summed E-state index contributed by atoms with van der Waals surface area (Å²) in [4.78, 5) is 26.6. The Balaban J connectivity index is 2.12. The van der Waals surface area contributed by atoms with Crippen LogP contribution in [0.15, 0.2) is 18.2 Å². The van der Waals surface area contributed by atoms with Gasteiger partial charge in [-0.1, -0.05) is 18.2 Å². The lowest BCUT2D eigenvalue weighted by molar-refractivity contribution is -0.149. The third kappa shape index (κ3) is 2.93. The van der Waals surface area contributed by atoms with Crippen molar-refractivity contribution < 1.29 is 9.59 Å². The number of rotatable bonds is 3. The SMILES string of the molecule is Cc1cc(CN)ccc1CN1CC(=O)N(C)CC1=O. The molecule has 102 valence electrons. The molecular formula is C14H19N3O2. The van der Waals surface area contributed by atoms with Crippen LogP contribution in [-0.2, 0) is 22.7 Å². The predicted octanol–water partition coefficient (Wildman–Crippen LogP) is 0.254. The van der Waals surface area contributed by atoms with Gasteiger partial charge in [0.1, 0.15) is 6.54 Å². The molecule has 1 saturated heterocycles. The normalized spacial score (nSPS) is 16.2. The average Bonchev–Trinajstić information content (AvgIpc) is 2.38. The van der Waals surface area contributed by atoms with Crippen molar-refractivity contribution in [2.45, 2.75) is 20.0 Å². The van der Waals surface area contributed by atoms with E-state index in [1.807, 2.05) is 25.1 Å². The van der Waals surface area contributed by atoms with Gasteiger partial charge in [0.25, 0.3) is 0 Å². The summed E-state index contributed by atoms with van der Waals surface area (Å²) in [5.74, 6) is -0.0276. The molecule has 5 nitrogen and oxygen atoms in total.